The normalized spacial score (nSPS) is 11.4. The molecule has 0 atom stereocenters. The summed E-state index contributed by atoms with van der Waals surface area (Å²) in [7, 11) is 0. The van der Waals surface area contributed by atoms with Crippen molar-refractivity contribution in [3.63, 3.8) is 0 Å². The molecular weight excluding hydrogens is 235 g/mol. The van der Waals surface area contributed by atoms with E-state index in [9.17, 15) is 4.39 Å². The maximum atomic E-state index is 12.8. The molecule has 0 heterocycles. The third-order valence-corrected chi connectivity index (χ3v) is 2.05. The van der Waals surface area contributed by atoms with Crippen molar-refractivity contribution in [3.05, 3.63) is 46.8 Å². The maximum Gasteiger partial charge on any atom is 0.137 e. The van der Waals surface area contributed by atoms with Gasteiger partial charge in [-0.2, -0.15) is 0 Å². The molecule has 0 aromatic heterocycles. The molecule has 0 aliphatic heterocycles. The minimum absolute atomic E-state index is 0.315. The summed E-state index contributed by atoms with van der Waals surface area (Å²) in [5.74, 6) is -0.00847. The molecular formula is C9H8BrFN2. The van der Waals surface area contributed by atoms with Crippen LogP contribution in [0.3, 0.4) is 0 Å². The molecule has 0 saturated heterocycles. The lowest BCUT2D eigenvalue weighted by molar-refractivity contribution is 0.621. The summed E-state index contributed by atoms with van der Waals surface area (Å²) in [5, 5.41) is 0. The Hall–Kier alpha value is -1.16. The van der Waals surface area contributed by atoms with Gasteiger partial charge < -0.3 is 5.73 Å². The molecule has 4 heteroatoms. The van der Waals surface area contributed by atoms with Crippen molar-refractivity contribution in [1.29, 1.82) is 0 Å². The van der Waals surface area contributed by atoms with Crippen LogP contribution >= 0.6 is 15.9 Å². The van der Waals surface area contributed by atoms with Gasteiger partial charge in [0, 0.05) is 11.8 Å². The van der Waals surface area contributed by atoms with Gasteiger partial charge in [-0.05, 0) is 34.1 Å². The largest absolute Gasteiger partial charge is 0.383 e. The Kier molecular flexibility index (Phi) is 3.19. The first-order valence-corrected chi connectivity index (χ1v) is 4.34. The number of nitrogens with two attached hydrogens (primary N) is 1. The second kappa shape index (κ2) is 4.18. The van der Waals surface area contributed by atoms with E-state index in [1.807, 2.05) is 0 Å². The van der Waals surface area contributed by atoms with Crippen molar-refractivity contribution >= 4 is 21.8 Å². The molecule has 13 heavy (non-hydrogen) atoms. The first-order chi connectivity index (χ1) is 6.15. The molecule has 0 aliphatic rings. The smallest absolute Gasteiger partial charge is 0.137 e. The van der Waals surface area contributed by atoms with Crippen molar-refractivity contribution in [1.82, 2.24) is 0 Å². The molecule has 0 aliphatic carbocycles. The van der Waals surface area contributed by atoms with E-state index >= 15 is 0 Å². The minimum atomic E-state index is -0.324. The molecule has 0 unspecified atom stereocenters. The number of amidine groups is 1. The van der Waals surface area contributed by atoms with E-state index in [0.29, 0.717) is 15.9 Å². The molecule has 0 radical (unpaired) electrons. The molecule has 0 spiro atoms. The van der Waals surface area contributed by atoms with Crippen LogP contribution in [0.1, 0.15) is 5.56 Å². The van der Waals surface area contributed by atoms with Crippen LogP contribution in [-0.4, -0.2) is 5.84 Å². The Morgan fingerprint density at radius 2 is 2.31 bits per heavy atom. The predicted octanol–water partition coefficient (Wildman–Crippen LogP) is 2.44. The van der Waals surface area contributed by atoms with Gasteiger partial charge in [0.2, 0.25) is 0 Å². The van der Waals surface area contributed by atoms with Crippen LogP contribution in [0, 0.1) is 5.82 Å². The van der Waals surface area contributed by atoms with Gasteiger partial charge >= 0.3 is 0 Å². The molecule has 1 aromatic rings. The summed E-state index contributed by atoms with van der Waals surface area (Å²) < 4.78 is 13.2. The Labute approximate surface area is 84.1 Å². The standard InChI is InChI=1S/C9H8BrFN2/c1-2-13-9(12)6-3-4-8(11)7(10)5-6/h2-5H,1H2,(H2,12,13). The highest BCUT2D eigenvalue weighted by Crippen LogP contribution is 2.16. The van der Waals surface area contributed by atoms with Crippen LogP contribution in [0.2, 0.25) is 0 Å². The zero-order valence-electron chi connectivity index (χ0n) is 6.80. The van der Waals surface area contributed by atoms with Crippen LogP contribution in [0.4, 0.5) is 4.39 Å². The summed E-state index contributed by atoms with van der Waals surface area (Å²) in [6, 6.07) is 4.45. The van der Waals surface area contributed by atoms with E-state index in [-0.39, 0.29) is 5.82 Å². The summed E-state index contributed by atoms with van der Waals surface area (Å²) in [6.45, 7) is 3.41. The van der Waals surface area contributed by atoms with Gasteiger partial charge in [0.25, 0.3) is 0 Å². The van der Waals surface area contributed by atoms with E-state index in [1.54, 1.807) is 12.1 Å². The summed E-state index contributed by atoms with van der Waals surface area (Å²) in [5.41, 5.74) is 6.22. The Morgan fingerprint density at radius 1 is 1.62 bits per heavy atom. The van der Waals surface area contributed by atoms with Gasteiger partial charge in [-0.3, -0.25) is 0 Å². The van der Waals surface area contributed by atoms with Crippen LogP contribution in [0.5, 0.6) is 0 Å². The number of nitrogens with zero attached hydrogens (tertiary/aromatic N) is 1. The molecule has 0 fully saturated rings. The van der Waals surface area contributed by atoms with Crippen molar-refractivity contribution in [3.8, 4) is 0 Å². The minimum Gasteiger partial charge on any atom is -0.383 e. The van der Waals surface area contributed by atoms with Gasteiger partial charge in [0.05, 0.1) is 4.47 Å². The second-order valence-corrected chi connectivity index (χ2v) is 3.18. The van der Waals surface area contributed by atoms with E-state index < -0.39 is 0 Å². The van der Waals surface area contributed by atoms with Gasteiger partial charge in [-0.25, -0.2) is 9.38 Å². The van der Waals surface area contributed by atoms with Gasteiger partial charge in [-0.1, -0.05) is 6.58 Å². The van der Waals surface area contributed by atoms with Gasteiger partial charge in [-0.15, -0.1) is 0 Å². The third kappa shape index (κ3) is 2.39. The lowest BCUT2D eigenvalue weighted by Crippen LogP contribution is -2.12. The predicted molar refractivity (Wildman–Crippen MR) is 55.0 cm³/mol. The first-order valence-electron chi connectivity index (χ1n) is 3.54. The topological polar surface area (TPSA) is 38.4 Å². The highest BCUT2D eigenvalue weighted by Gasteiger charge is 2.02. The molecule has 1 aromatic carbocycles. The fourth-order valence-corrected chi connectivity index (χ4v) is 1.21. The number of aliphatic imine (C=N–C) groups is 1. The molecule has 68 valence electrons. The van der Waals surface area contributed by atoms with E-state index in [1.165, 1.54) is 12.3 Å². The number of benzene rings is 1. The first kappa shape index (κ1) is 9.92. The quantitative estimate of drug-likeness (QED) is 0.628. The van der Waals surface area contributed by atoms with Crippen LogP contribution < -0.4 is 5.73 Å². The SMILES string of the molecule is C=CN=C(N)c1ccc(F)c(Br)c1. The Bertz CT molecular complexity index is 361. The average molecular weight is 243 g/mol. The summed E-state index contributed by atoms with van der Waals surface area (Å²) >= 11 is 3.05. The zero-order valence-corrected chi connectivity index (χ0v) is 8.38. The van der Waals surface area contributed by atoms with Crippen molar-refractivity contribution in [2.24, 2.45) is 10.7 Å². The van der Waals surface area contributed by atoms with Crippen molar-refractivity contribution in [2.75, 3.05) is 0 Å². The summed E-state index contributed by atoms with van der Waals surface area (Å²) in [4.78, 5) is 3.78. The highest BCUT2D eigenvalue weighted by molar-refractivity contribution is 9.10. The number of hydrogen-bond donors (Lipinski definition) is 1. The number of hydrogen-bond acceptors (Lipinski definition) is 1. The van der Waals surface area contributed by atoms with Crippen LogP contribution in [-0.2, 0) is 0 Å². The van der Waals surface area contributed by atoms with Crippen molar-refractivity contribution < 1.29 is 4.39 Å². The highest BCUT2D eigenvalue weighted by atomic mass is 79.9. The molecule has 0 saturated carbocycles. The Morgan fingerprint density at radius 3 is 2.85 bits per heavy atom. The van der Waals surface area contributed by atoms with Gasteiger partial charge in [0.1, 0.15) is 11.7 Å². The third-order valence-electron chi connectivity index (χ3n) is 1.45. The number of rotatable bonds is 2. The molecule has 2 nitrogen and oxygen atoms in total. The van der Waals surface area contributed by atoms with Crippen molar-refractivity contribution in [2.45, 2.75) is 0 Å². The second-order valence-electron chi connectivity index (χ2n) is 2.33. The zero-order chi connectivity index (χ0) is 9.84. The van der Waals surface area contributed by atoms with Gasteiger partial charge in [0.15, 0.2) is 0 Å². The lowest BCUT2D eigenvalue weighted by atomic mass is 10.2. The summed E-state index contributed by atoms with van der Waals surface area (Å²) in [6.07, 6.45) is 1.34. The number of halogens is 2. The van der Waals surface area contributed by atoms with E-state index in [4.69, 9.17) is 5.73 Å². The van der Waals surface area contributed by atoms with Crippen LogP contribution in [0.15, 0.2) is 40.4 Å². The van der Waals surface area contributed by atoms with E-state index in [0.717, 1.165) is 0 Å². The fourth-order valence-electron chi connectivity index (χ4n) is 0.828. The fraction of sp³-hybridized carbons (Fsp3) is 0. The molecule has 1 rings (SSSR count). The molecule has 0 bridgehead atoms. The maximum absolute atomic E-state index is 12.8. The molecule has 2 N–H and O–H groups in total. The monoisotopic (exact) mass is 242 g/mol. The lowest BCUT2D eigenvalue weighted by Gasteiger charge is -2.00. The average Bonchev–Trinajstić information content (AvgIpc) is 2.10. The van der Waals surface area contributed by atoms with Crippen LogP contribution in [0.25, 0.3) is 0 Å². The van der Waals surface area contributed by atoms with E-state index in [2.05, 4.69) is 27.5 Å². The Balaban J connectivity index is 3.10. The molecule has 0 amide bonds.